The van der Waals surface area contributed by atoms with Gasteiger partial charge in [0, 0.05) is 21.5 Å². The van der Waals surface area contributed by atoms with Gasteiger partial charge in [0.25, 0.3) is 0 Å². The Morgan fingerprint density at radius 3 is 1.54 bits per heavy atom. The van der Waals surface area contributed by atoms with Crippen LogP contribution in [0.5, 0.6) is 0 Å². The van der Waals surface area contributed by atoms with Gasteiger partial charge in [0.2, 0.25) is 0 Å². The maximum Gasteiger partial charge on any atom is 0.194 e. The maximum absolute atomic E-state index is 13.6. The fourth-order valence-corrected chi connectivity index (χ4v) is 3.59. The summed E-state index contributed by atoms with van der Waals surface area (Å²) in [4.78, 5) is 25.2. The Morgan fingerprint density at radius 2 is 0.875 bits per heavy atom. The highest BCUT2D eigenvalue weighted by atomic mass is 19.1. The Labute approximate surface area is 133 Å². The van der Waals surface area contributed by atoms with E-state index in [1.807, 2.05) is 0 Å². The molecule has 0 aliphatic carbocycles. The molecule has 0 amide bonds. The predicted octanol–water partition coefficient (Wildman–Crippen LogP) is 4.17. The molecule has 0 unspecified atom stereocenters. The average Bonchev–Trinajstić information content (AvgIpc) is 2.99. The normalized spacial score (nSPS) is 12.1. The first-order valence-corrected chi connectivity index (χ1v) is 7.42. The Hall–Kier alpha value is -3.14. The fraction of sp³-hybridized carbons (Fsp3) is 0. The van der Waals surface area contributed by atoms with E-state index in [2.05, 4.69) is 0 Å². The highest BCUT2D eigenvalue weighted by molar-refractivity contribution is 6.21. The molecule has 0 saturated carbocycles. The van der Waals surface area contributed by atoms with Crippen LogP contribution in [0.15, 0.2) is 58.1 Å². The van der Waals surface area contributed by atoms with Gasteiger partial charge in [-0.2, -0.15) is 0 Å². The van der Waals surface area contributed by atoms with Gasteiger partial charge in [0.1, 0.15) is 11.6 Å². The Kier molecular flexibility index (Phi) is 2.35. The van der Waals surface area contributed by atoms with Crippen LogP contribution in [0.3, 0.4) is 0 Å². The van der Waals surface area contributed by atoms with E-state index in [9.17, 15) is 18.4 Å². The summed E-state index contributed by atoms with van der Waals surface area (Å²) in [7, 11) is 0. The van der Waals surface area contributed by atoms with Crippen molar-refractivity contribution in [3.63, 3.8) is 0 Å². The van der Waals surface area contributed by atoms with Crippen LogP contribution in [0, 0.1) is 11.6 Å². The molecule has 0 saturated heterocycles. The molecule has 0 bridgehead atoms. The molecule has 0 atom stereocenters. The predicted molar refractivity (Wildman–Crippen MR) is 91.3 cm³/mol. The van der Waals surface area contributed by atoms with Crippen molar-refractivity contribution in [2.75, 3.05) is 0 Å². The minimum atomic E-state index is -0.481. The van der Waals surface area contributed by atoms with Crippen molar-refractivity contribution in [2.45, 2.75) is 0 Å². The monoisotopic (exact) mass is 318 g/mol. The molecule has 0 N–H and O–H groups in total. The van der Waals surface area contributed by atoms with Crippen molar-refractivity contribution in [3.8, 4) is 0 Å². The van der Waals surface area contributed by atoms with E-state index in [-0.39, 0.29) is 10.9 Å². The number of benzene rings is 3. The first-order valence-electron chi connectivity index (χ1n) is 7.42. The van der Waals surface area contributed by atoms with Crippen LogP contribution in [0.1, 0.15) is 0 Å². The lowest BCUT2D eigenvalue weighted by Gasteiger charge is -1.95. The van der Waals surface area contributed by atoms with E-state index in [1.54, 1.807) is 18.2 Å². The zero-order valence-corrected chi connectivity index (χ0v) is 12.2. The first-order chi connectivity index (χ1) is 11.5. The van der Waals surface area contributed by atoms with Crippen LogP contribution < -0.4 is 10.9 Å². The summed E-state index contributed by atoms with van der Waals surface area (Å²) in [6.45, 7) is 0. The van der Waals surface area contributed by atoms with Crippen LogP contribution in [0.25, 0.3) is 43.1 Å². The Morgan fingerprint density at radius 1 is 0.458 bits per heavy atom. The fourth-order valence-electron chi connectivity index (χ4n) is 3.59. The lowest BCUT2D eigenvalue weighted by atomic mass is 10.1. The second kappa shape index (κ2) is 4.23. The number of hydrogen-bond donors (Lipinski definition) is 0. The molecule has 24 heavy (non-hydrogen) atoms. The topological polar surface area (TPSA) is 34.1 Å². The van der Waals surface area contributed by atoms with Gasteiger partial charge in [-0.05, 0) is 64.0 Å². The van der Waals surface area contributed by atoms with Crippen LogP contribution in [0.4, 0.5) is 8.78 Å². The zero-order chi connectivity index (χ0) is 16.6. The van der Waals surface area contributed by atoms with Gasteiger partial charge in [-0.1, -0.05) is 6.07 Å². The molecule has 0 aliphatic rings. The number of hydrogen-bond acceptors (Lipinski definition) is 2. The quantitative estimate of drug-likeness (QED) is 0.429. The van der Waals surface area contributed by atoms with Gasteiger partial charge < -0.3 is 0 Å². The summed E-state index contributed by atoms with van der Waals surface area (Å²) < 4.78 is 27.0. The highest BCUT2D eigenvalue weighted by Gasteiger charge is 2.16. The van der Waals surface area contributed by atoms with Gasteiger partial charge in [-0.3, -0.25) is 9.59 Å². The molecule has 5 rings (SSSR count). The van der Waals surface area contributed by atoms with E-state index in [0.29, 0.717) is 43.1 Å². The summed E-state index contributed by atoms with van der Waals surface area (Å²) in [5.41, 5.74) is -0.467. The van der Waals surface area contributed by atoms with Crippen LogP contribution in [0.2, 0.25) is 0 Å². The highest BCUT2D eigenvalue weighted by Crippen LogP contribution is 2.32. The van der Waals surface area contributed by atoms with Crippen molar-refractivity contribution in [2.24, 2.45) is 0 Å². The Balaban J connectivity index is 2.09. The summed E-state index contributed by atoms with van der Waals surface area (Å²) in [6, 6.07) is 11.3. The lowest BCUT2D eigenvalue weighted by Crippen LogP contribution is -1.95. The standard InChI is InChI=1S/C20H8F2O2/c21-9-2-4-12-13(5-9)15-8-17-14(7-18(15)19(12)23)11-3-1-10(22)6-16(11)20(17)24/h1-8H. The SMILES string of the molecule is O=c1c2cc(F)ccc2c2cc3c(=O)c4ccc(F)cc4c3cc12. The largest absolute Gasteiger partial charge is 0.289 e. The maximum atomic E-state index is 13.6. The smallest absolute Gasteiger partial charge is 0.194 e. The van der Waals surface area contributed by atoms with Crippen LogP contribution in [-0.2, 0) is 0 Å². The van der Waals surface area contributed by atoms with E-state index in [4.69, 9.17) is 0 Å². The molecule has 2 nitrogen and oxygen atoms in total. The third-order valence-corrected chi connectivity index (χ3v) is 4.68. The second-order valence-corrected chi connectivity index (χ2v) is 5.98. The minimum absolute atomic E-state index is 0.189. The molecular formula is C20H8F2O2. The summed E-state index contributed by atoms with van der Waals surface area (Å²) in [6.07, 6.45) is 0. The molecule has 4 heteroatoms. The molecule has 0 spiro atoms. The second-order valence-electron chi connectivity index (χ2n) is 5.98. The van der Waals surface area contributed by atoms with Gasteiger partial charge in [-0.15, -0.1) is 0 Å². The molecule has 5 aromatic carbocycles. The minimum Gasteiger partial charge on any atom is -0.289 e. The van der Waals surface area contributed by atoms with Gasteiger partial charge >= 0.3 is 0 Å². The lowest BCUT2D eigenvalue weighted by molar-refractivity contribution is 0.629. The van der Waals surface area contributed by atoms with Crippen molar-refractivity contribution >= 4 is 43.1 Å². The zero-order valence-electron chi connectivity index (χ0n) is 12.2. The summed E-state index contributed by atoms with van der Waals surface area (Å²) >= 11 is 0. The molecule has 0 radical (unpaired) electrons. The average molecular weight is 318 g/mol. The van der Waals surface area contributed by atoms with Gasteiger partial charge in [-0.25, -0.2) is 8.78 Å². The van der Waals surface area contributed by atoms with Crippen molar-refractivity contribution in [3.05, 3.63) is 80.6 Å². The number of halogens is 2. The van der Waals surface area contributed by atoms with Crippen molar-refractivity contribution in [1.82, 2.24) is 0 Å². The first kappa shape index (κ1) is 13.3. The summed E-state index contributed by atoms with van der Waals surface area (Å²) in [5.74, 6) is -0.919. The number of fused-ring (bicyclic) bond motifs is 6. The van der Waals surface area contributed by atoms with Crippen molar-refractivity contribution < 1.29 is 8.78 Å². The van der Waals surface area contributed by atoms with E-state index < -0.39 is 11.6 Å². The molecule has 0 aliphatic heterocycles. The van der Waals surface area contributed by atoms with Gasteiger partial charge in [0.15, 0.2) is 10.9 Å². The van der Waals surface area contributed by atoms with E-state index >= 15 is 0 Å². The van der Waals surface area contributed by atoms with Crippen molar-refractivity contribution in [1.29, 1.82) is 0 Å². The van der Waals surface area contributed by atoms with Crippen LogP contribution >= 0.6 is 0 Å². The summed E-state index contributed by atoms with van der Waals surface area (Å²) in [5, 5.41) is 3.87. The molecule has 0 heterocycles. The molecular weight excluding hydrogens is 310 g/mol. The third-order valence-electron chi connectivity index (χ3n) is 4.68. The van der Waals surface area contributed by atoms with E-state index in [1.165, 1.54) is 30.3 Å². The molecule has 5 aromatic rings. The molecule has 0 aromatic heterocycles. The van der Waals surface area contributed by atoms with Crippen LogP contribution in [-0.4, -0.2) is 0 Å². The molecule has 0 fully saturated rings. The third kappa shape index (κ3) is 1.52. The van der Waals surface area contributed by atoms with Gasteiger partial charge in [0.05, 0.1) is 0 Å². The molecule has 114 valence electrons. The Bertz CT molecular complexity index is 1410. The van der Waals surface area contributed by atoms with E-state index in [0.717, 1.165) is 0 Å². The number of rotatable bonds is 0.